The topological polar surface area (TPSA) is 69.0 Å². The average molecular weight is 403 g/mol. The van der Waals surface area contributed by atoms with Gasteiger partial charge in [-0.15, -0.1) is 10.2 Å². The molecule has 3 aromatic rings. The number of hydrogen-bond donors (Lipinski definition) is 1. The number of carbonyl (C=O) groups is 1. The Morgan fingerprint density at radius 3 is 2.59 bits per heavy atom. The molecule has 1 heterocycles. The minimum atomic E-state index is -0.365. The number of aromatic nitrogens is 3. The second kappa shape index (κ2) is 8.45. The van der Waals surface area contributed by atoms with E-state index in [1.807, 2.05) is 54.9 Å². The smallest absolute Gasteiger partial charge is 0.237 e. The molecule has 0 aliphatic rings. The third kappa shape index (κ3) is 4.43. The number of anilines is 1. The van der Waals surface area contributed by atoms with E-state index in [0.717, 1.165) is 5.56 Å². The molecule has 0 saturated heterocycles. The van der Waals surface area contributed by atoms with E-state index in [2.05, 4.69) is 15.5 Å². The molecule has 8 heteroatoms. The summed E-state index contributed by atoms with van der Waals surface area (Å²) in [5.74, 6) is 1.19. The molecule has 27 heavy (non-hydrogen) atoms. The molecule has 0 aliphatic heterocycles. The number of nitrogens with zero attached hydrogens (tertiary/aromatic N) is 3. The van der Waals surface area contributed by atoms with Gasteiger partial charge >= 0.3 is 0 Å². The standard InChI is InChI=1S/C19H19ClN4O2S/c1-12(18(25)21-15-6-4-5-7-16(15)26-3)27-19-23-22-17(24(19)2)13-8-10-14(20)11-9-13/h4-12H,1-3H3,(H,21,25)/t12-/m0/s1. The molecule has 6 nitrogen and oxygen atoms in total. The normalized spacial score (nSPS) is 11.9. The Morgan fingerprint density at radius 2 is 1.89 bits per heavy atom. The number of rotatable bonds is 6. The monoisotopic (exact) mass is 402 g/mol. The first-order valence-electron chi connectivity index (χ1n) is 8.25. The summed E-state index contributed by atoms with van der Waals surface area (Å²) in [5.41, 5.74) is 1.55. The number of methoxy groups -OCH3 is 1. The van der Waals surface area contributed by atoms with Crippen molar-refractivity contribution in [3.8, 4) is 17.1 Å². The fourth-order valence-corrected chi connectivity index (χ4v) is 3.40. The number of ether oxygens (including phenoxy) is 1. The van der Waals surface area contributed by atoms with Crippen molar-refractivity contribution in [2.45, 2.75) is 17.3 Å². The van der Waals surface area contributed by atoms with Crippen LogP contribution >= 0.6 is 23.4 Å². The molecular weight excluding hydrogens is 384 g/mol. The predicted molar refractivity (Wildman–Crippen MR) is 108 cm³/mol. The number of benzene rings is 2. The highest BCUT2D eigenvalue weighted by Crippen LogP contribution is 2.28. The van der Waals surface area contributed by atoms with Crippen molar-refractivity contribution >= 4 is 35.0 Å². The summed E-state index contributed by atoms with van der Waals surface area (Å²) in [6, 6.07) is 14.7. The van der Waals surface area contributed by atoms with Crippen molar-refractivity contribution in [2.24, 2.45) is 7.05 Å². The molecule has 2 aromatic carbocycles. The number of nitrogens with one attached hydrogen (secondary N) is 1. The van der Waals surface area contributed by atoms with Gasteiger partial charge in [0.05, 0.1) is 18.0 Å². The Hall–Kier alpha value is -2.51. The molecule has 0 aliphatic carbocycles. The number of para-hydroxylation sites is 2. The lowest BCUT2D eigenvalue weighted by Crippen LogP contribution is -2.23. The van der Waals surface area contributed by atoms with Gasteiger partial charge in [0.25, 0.3) is 0 Å². The molecular formula is C19H19ClN4O2S. The van der Waals surface area contributed by atoms with Crippen molar-refractivity contribution in [1.29, 1.82) is 0 Å². The minimum Gasteiger partial charge on any atom is -0.495 e. The van der Waals surface area contributed by atoms with E-state index in [4.69, 9.17) is 16.3 Å². The molecule has 0 radical (unpaired) electrons. The lowest BCUT2D eigenvalue weighted by Gasteiger charge is -2.13. The van der Waals surface area contributed by atoms with Crippen molar-refractivity contribution in [3.63, 3.8) is 0 Å². The molecule has 0 saturated carbocycles. The number of halogens is 1. The van der Waals surface area contributed by atoms with Gasteiger partial charge < -0.3 is 14.6 Å². The summed E-state index contributed by atoms with van der Waals surface area (Å²) in [7, 11) is 3.44. The third-order valence-electron chi connectivity index (χ3n) is 3.95. The Bertz CT molecular complexity index is 943. The number of carbonyl (C=O) groups excluding carboxylic acids is 1. The van der Waals surface area contributed by atoms with Crippen molar-refractivity contribution in [1.82, 2.24) is 14.8 Å². The molecule has 1 N–H and O–H groups in total. The zero-order chi connectivity index (χ0) is 19.4. The quantitative estimate of drug-likeness (QED) is 0.624. The van der Waals surface area contributed by atoms with Gasteiger partial charge in [0, 0.05) is 17.6 Å². The Kier molecular flexibility index (Phi) is 6.03. The van der Waals surface area contributed by atoms with Crippen LogP contribution in [0.4, 0.5) is 5.69 Å². The van der Waals surface area contributed by atoms with E-state index >= 15 is 0 Å². The first-order chi connectivity index (χ1) is 13.0. The number of amides is 1. The zero-order valence-corrected chi connectivity index (χ0v) is 16.7. The Balaban J connectivity index is 1.71. The van der Waals surface area contributed by atoms with Gasteiger partial charge in [-0.2, -0.15) is 0 Å². The van der Waals surface area contributed by atoms with Crippen LogP contribution in [0.2, 0.25) is 5.02 Å². The average Bonchev–Trinajstić information content (AvgIpc) is 3.03. The van der Waals surface area contributed by atoms with Crippen LogP contribution in [0.5, 0.6) is 5.75 Å². The van der Waals surface area contributed by atoms with Crippen LogP contribution in [-0.4, -0.2) is 33.0 Å². The molecule has 1 aromatic heterocycles. The van der Waals surface area contributed by atoms with E-state index in [1.54, 1.807) is 19.2 Å². The van der Waals surface area contributed by atoms with Crippen LogP contribution in [0.25, 0.3) is 11.4 Å². The highest BCUT2D eigenvalue weighted by molar-refractivity contribution is 8.00. The molecule has 1 atom stereocenters. The summed E-state index contributed by atoms with van der Waals surface area (Å²) >= 11 is 7.28. The second-order valence-electron chi connectivity index (χ2n) is 5.82. The molecule has 0 fully saturated rings. The van der Waals surface area contributed by atoms with Crippen LogP contribution in [0.1, 0.15) is 6.92 Å². The van der Waals surface area contributed by atoms with Gasteiger partial charge in [0.2, 0.25) is 5.91 Å². The summed E-state index contributed by atoms with van der Waals surface area (Å²) in [6.45, 7) is 1.83. The Morgan fingerprint density at radius 1 is 1.19 bits per heavy atom. The maximum absolute atomic E-state index is 12.6. The van der Waals surface area contributed by atoms with E-state index in [0.29, 0.717) is 27.4 Å². The third-order valence-corrected chi connectivity index (χ3v) is 5.34. The molecule has 3 rings (SSSR count). The number of thioether (sulfide) groups is 1. The minimum absolute atomic E-state index is 0.138. The van der Waals surface area contributed by atoms with Gasteiger partial charge in [0.15, 0.2) is 11.0 Å². The summed E-state index contributed by atoms with van der Waals surface area (Å²) in [4.78, 5) is 12.6. The van der Waals surface area contributed by atoms with Gasteiger partial charge in [-0.3, -0.25) is 4.79 Å². The molecule has 1 amide bonds. The van der Waals surface area contributed by atoms with Crippen LogP contribution in [0, 0.1) is 0 Å². The summed E-state index contributed by atoms with van der Waals surface area (Å²) < 4.78 is 7.13. The SMILES string of the molecule is COc1ccccc1NC(=O)[C@H](C)Sc1nnc(-c2ccc(Cl)cc2)n1C. The number of hydrogen-bond acceptors (Lipinski definition) is 5. The molecule has 0 bridgehead atoms. The molecule has 140 valence electrons. The van der Waals surface area contributed by atoms with Crippen LogP contribution < -0.4 is 10.1 Å². The maximum atomic E-state index is 12.6. The highest BCUT2D eigenvalue weighted by atomic mass is 35.5. The first kappa shape index (κ1) is 19.3. The van der Waals surface area contributed by atoms with Crippen molar-refractivity contribution in [3.05, 3.63) is 53.6 Å². The van der Waals surface area contributed by atoms with Crippen molar-refractivity contribution < 1.29 is 9.53 Å². The maximum Gasteiger partial charge on any atom is 0.237 e. The van der Waals surface area contributed by atoms with Crippen LogP contribution in [0.3, 0.4) is 0 Å². The summed E-state index contributed by atoms with van der Waals surface area (Å²) in [6.07, 6.45) is 0. The predicted octanol–water partition coefficient (Wildman–Crippen LogP) is 4.26. The van der Waals surface area contributed by atoms with E-state index in [-0.39, 0.29) is 11.2 Å². The zero-order valence-electron chi connectivity index (χ0n) is 15.1. The lowest BCUT2D eigenvalue weighted by atomic mass is 10.2. The van der Waals surface area contributed by atoms with Crippen LogP contribution in [0.15, 0.2) is 53.7 Å². The van der Waals surface area contributed by atoms with Gasteiger partial charge in [-0.25, -0.2) is 0 Å². The first-order valence-corrected chi connectivity index (χ1v) is 9.51. The molecule has 0 spiro atoms. The van der Waals surface area contributed by atoms with Gasteiger partial charge in [0.1, 0.15) is 5.75 Å². The fourth-order valence-electron chi connectivity index (χ4n) is 2.46. The van der Waals surface area contributed by atoms with E-state index in [9.17, 15) is 4.79 Å². The molecule has 0 unspecified atom stereocenters. The second-order valence-corrected chi connectivity index (χ2v) is 7.57. The summed E-state index contributed by atoms with van der Waals surface area (Å²) in [5, 5.41) is 12.3. The van der Waals surface area contributed by atoms with E-state index in [1.165, 1.54) is 11.8 Å². The lowest BCUT2D eigenvalue weighted by molar-refractivity contribution is -0.115. The van der Waals surface area contributed by atoms with Crippen molar-refractivity contribution in [2.75, 3.05) is 12.4 Å². The van der Waals surface area contributed by atoms with E-state index < -0.39 is 0 Å². The van der Waals surface area contributed by atoms with Crippen LogP contribution in [-0.2, 0) is 11.8 Å². The highest BCUT2D eigenvalue weighted by Gasteiger charge is 2.20. The Labute approximate surface area is 166 Å². The van der Waals surface area contributed by atoms with Gasteiger partial charge in [-0.05, 0) is 43.3 Å². The van der Waals surface area contributed by atoms with Gasteiger partial charge in [-0.1, -0.05) is 35.5 Å². The fraction of sp³-hybridized carbons (Fsp3) is 0.211. The largest absolute Gasteiger partial charge is 0.495 e.